The van der Waals surface area contributed by atoms with Gasteiger partial charge in [-0.15, -0.1) is 0 Å². The summed E-state index contributed by atoms with van der Waals surface area (Å²) in [6.45, 7) is 7.19. The minimum absolute atomic E-state index is 0.237. The molecule has 0 aromatic heterocycles. The minimum atomic E-state index is -0.615. The van der Waals surface area contributed by atoms with Crippen molar-refractivity contribution < 1.29 is 4.79 Å². The average molecular weight is 275 g/mol. The molecule has 3 N–H and O–H groups in total. The largest absolute Gasteiger partial charge is 0.371 e. The molecule has 0 aliphatic carbocycles. The van der Waals surface area contributed by atoms with Gasteiger partial charge in [0.25, 0.3) is 0 Å². The Balaban J connectivity index is 2.22. The van der Waals surface area contributed by atoms with Gasteiger partial charge in [0.1, 0.15) is 5.54 Å². The smallest absolute Gasteiger partial charge is 0.243 e. The molecule has 1 heterocycles. The summed E-state index contributed by atoms with van der Waals surface area (Å²) in [6.07, 6.45) is 2.56. The molecule has 0 radical (unpaired) electrons. The van der Waals surface area contributed by atoms with Crippen LogP contribution in [0.25, 0.3) is 0 Å². The van der Waals surface area contributed by atoms with Gasteiger partial charge in [0.2, 0.25) is 5.91 Å². The molecule has 4 nitrogen and oxygen atoms in total. The van der Waals surface area contributed by atoms with Crippen molar-refractivity contribution in [2.75, 3.05) is 25.0 Å². The highest BCUT2D eigenvalue weighted by molar-refractivity contribution is 5.88. The Bertz CT molecular complexity index is 475. The molecule has 1 fully saturated rings. The van der Waals surface area contributed by atoms with Gasteiger partial charge in [-0.05, 0) is 50.9 Å². The van der Waals surface area contributed by atoms with Crippen LogP contribution >= 0.6 is 0 Å². The molecule has 1 aliphatic heterocycles. The molecular weight excluding hydrogens is 250 g/mol. The number of hydrogen-bond acceptors (Lipinski definition) is 3. The molecule has 1 aliphatic rings. The second kappa shape index (κ2) is 6.27. The Morgan fingerprint density at radius 2 is 2.10 bits per heavy atom. The highest BCUT2D eigenvalue weighted by Crippen LogP contribution is 2.28. The number of likely N-dealkylation sites (tertiary alicyclic amines) is 1. The molecule has 0 spiro atoms. The molecule has 2 rings (SSSR count). The van der Waals surface area contributed by atoms with Crippen LogP contribution < -0.4 is 11.1 Å². The van der Waals surface area contributed by atoms with E-state index in [9.17, 15) is 4.79 Å². The lowest BCUT2D eigenvalue weighted by Crippen LogP contribution is -2.51. The molecule has 1 unspecified atom stereocenters. The number of nitrogens with two attached hydrogens (primary N) is 1. The van der Waals surface area contributed by atoms with Crippen LogP contribution in [0.4, 0.5) is 5.69 Å². The first-order valence-corrected chi connectivity index (χ1v) is 7.43. The lowest BCUT2D eigenvalue weighted by molar-refractivity contribution is -0.122. The zero-order chi connectivity index (χ0) is 14.6. The number of benzene rings is 1. The number of para-hydroxylation sites is 1. The molecule has 0 saturated carbocycles. The molecule has 1 saturated heterocycles. The van der Waals surface area contributed by atoms with Crippen molar-refractivity contribution in [3.05, 3.63) is 29.8 Å². The molecule has 1 atom stereocenters. The summed E-state index contributed by atoms with van der Waals surface area (Å²) in [5.74, 6) is -0.237. The number of carbonyl (C=O) groups is 1. The van der Waals surface area contributed by atoms with Gasteiger partial charge in [0.05, 0.1) is 0 Å². The van der Waals surface area contributed by atoms with E-state index in [2.05, 4.69) is 17.1 Å². The van der Waals surface area contributed by atoms with Crippen LogP contribution in [0.5, 0.6) is 0 Å². The van der Waals surface area contributed by atoms with E-state index in [0.29, 0.717) is 0 Å². The zero-order valence-corrected chi connectivity index (χ0v) is 12.5. The third-order valence-electron chi connectivity index (χ3n) is 4.37. The lowest BCUT2D eigenvalue weighted by atomic mass is 9.89. The average Bonchev–Trinajstić information content (AvgIpc) is 2.65. The van der Waals surface area contributed by atoms with E-state index in [4.69, 9.17) is 5.73 Å². The highest BCUT2D eigenvalue weighted by atomic mass is 16.1. The summed E-state index contributed by atoms with van der Waals surface area (Å²) < 4.78 is 0. The summed E-state index contributed by atoms with van der Waals surface area (Å²) in [5, 5.41) is 3.45. The number of anilines is 1. The van der Waals surface area contributed by atoms with Crippen LogP contribution in [0.3, 0.4) is 0 Å². The summed E-state index contributed by atoms with van der Waals surface area (Å²) in [5.41, 5.74) is 7.28. The van der Waals surface area contributed by atoms with Gasteiger partial charge in [0.15, 0.2) is 0 Å². The van der Waals surface area contributed by atoms with Gasteiger partial charge in [-0.1, -0.05) is 25.1 Å². The SMILES string of the molecule is CCN1CCCC(Nc2ccccc2C)(C(N)=O)CC1. The van der Waals surface area contributed by atoms with E-state index < -0.39 is 5.54 Å². The second-order valence-corrected chi connectivity index (χ2v) is 5.67. The molecule has 0 bridgehead atoms. The minimum Gasteiger partial charge on any atom is -0.371 e. The standard InChI is InChI=1S/C16H25N3O/c1-3-19-11-6-9-16(10-12-19,15(17)20)18-14-8-5-4-7-13(14)2/h4-5,7-8,18H,3,6,9-12H2,1-2H3,(H2,17,20). The number of rotatable bonds is 4. The fourth-order valence-corrected chi connectivity index (χ4v) is 2.91. The summed E-state index contributed by atoms with van der Waals surface area (Å²) >= 11 is 0. The Morgan fingerprint density at radius 3 is 2.75 bits per heavy atom. The predicted octanol–water partition coefficient (Wildman–Crippen LogP) is 2.14. The number of primary amides is 1. The molecule has 1 aromatic rings. The van der Waals surface area contributed by atoms with Gasteiger partial charge in [0, 0.05) is 12.2 Å². The molecule has 4 heteroatoms. The Morgan fingerprint density at radius 1 is 1.35 bits per heavy atom. The van der Waals surface area contributed by atoms with Crippen molar-refractivity contribution in [3.63, 3.8) is 0 Å². The number of carbonyl (C=O) groups excluding carboxylic acids is 1. The number of nitrogens with zero attached hydrogens (tertiary/aromatic N) is 1. The van der Waals surface area contributed by atoms with Gasteiger partial charge < -0.3 is 16.0 Å². The van der Waals surface area contributed by atoms with Gasteiger partial charge in [-0.2, -0.15) is 0 Å². The Hall–Kier alpha value is -1.55. The van der Waals surface area contributed by atoms with Crippen LogP contribution in [0.2, 0.25) is 0 Å². The lowest BCUT2D eigenvalue weighted by Gasteiger charge is -2.32. The predicted molar refractivity (Wildman–Crippen MR) is 82.7 cm³/mol. The number of hydrogen-bond donors (Lipinski definition) is 2. The molecule has 20 heavy (non-hydrogen) atoms. The third-order valence-corrected chi connectivity index (χ3v) is 4.37. The topological polar surface area (TPSA) is 58.4 Å². The molecule has 110 valence electrons. The second-order valence-electron chi connectivity index (χ2n) is 5.67. The van der Waals surface area contributed by atoms with Crippen molar-refractivity contribution >= 4 is 11.6 Å². The first kappa shape index (κ1) is 14.9. The molecular formula is C16H25N3O. The van der Waals surface area contributed by atoms with E-state index in [1.54, 1.807) is 0 Å². The van der Waals surface area contributed by atoms with Crippen molar-refractivity contribution in [3.8, 4) is 0 Å². The first-order valence-electron chi connectivity index (χ1n) is 7.43. The summed E-state index contributed by atoms with van der Waals surface area (Å²) in [4.78, 5) is 14.5. The molecule has 1 amide bonds. The van der Waals surface area contributed by atoms with E-state index in [1.807, 2.05) is 31.2 Å². The van der Waals surface area contributed by atoms with Crippen molar-refractivity contribution in [1.29, 1.82) is 0 Å². The maximum atomic E-state index is 12.1. The van der Waals surface area contributed by atoms with Crippen LogP contribution in [0.15, 0.2) is 24.3 Å². The quantitative estimate of drug-likeness (QED) is 0.885. The van der Waals surface area contributed by atoms with E-state index >= 15 is 0 Å². The zero-order valence-electron chi connectivity index (χ0n) is 12.5. The fourth-order valence-electron chi connectivity index (χ4n) is 2.91. The van der Waals surface area contributed by atoms with Crippen molar-refractivity contribution in [2.24, 2.45) is 5.73 Å². The monoisotopic (exact) mass is 275 g/mol. The Labute approximate surface area is 121 Å². The van der Waals surface area contributed by atoms with Gasteiger partial charge >= 0.3 is 0 Å². The number of nitrogens with one attached hydrogen (secondary N) is 1. The summed E-state index contributed by atoms with van der Waals surface area (Å²) in [6, 6.07) is 8.05. The van der Waals surface area contributed by atoms with Crippen molar-refractivity contribution in [1.82, 2.24) is 4.90 Å². The van der Waals surface area contributed by atoms with Crippen LogP contribution in [-0.2, 0) is 4.79 Å². The van der Waals surface area contributed by atoms with E-state index in [0.717, 1.165) is 50.1 Å². The van der Waals surface area contributed by atoms with E-state index in [1.165, 1.54) is 0 Å². The van der Waals surface area contributed by atoms with Gasteiger partial charge in [-0.25, -0.2) is 0 Å². The first-order chi connectivity index (χ1) is 9.57. The molecule has 1 aromatic carbocycles. The Kier molecular flexibility index (Phi) is 4.65. The third kappa shape index (κ3) is 3.12. The number of amides is 1. The van der Waals surface area contributed by atoms with Crippen LogP contribution in [0.1, 0.15) is 31.7 Å². The maximum absolute atomic E-state index is 12.1. The maximum Gasteiger partial charge on any atom is 0.243 e. The normalized spacial score (nSPS) is 24.1. The fraction of sp³-hybridized carbons (Fsp3) is 0.562. The van der Waals surface area contributed by atoms with Crippen molar-refractivity contribution in [2.45, 2.75) is 38.6 Å². The van der Waals surface area contributed by atoms with Gasteiger partial charge in [-0.3, -0.25) is 4.79 Å². The highest BCUT2D eigenvalue weighted by Gasteiger charge is 2.38. The summed E-state index contributed by atoms with van der Waals surface area (Å²) in [7, 11) is 0. The number of aryl methyl sites for hydroxylation is 1. The van der Waals surface area contributed by atoms with Crippen LogP contribution in [-0.4, -0.2) is 36.0 Å². The van der Waals surface area contributed by atoms with E-state index in [-0.39, 0.29) is 5.91 Å². The van der Waals surface area contributed by atoms with Crippen LogP contribution in [0, 0.1) is 6.92 Å².